The molecular weight excluding hydrogens is 296 g/mol. The van der Waals surface area contributed by atoms with Gasteiger partial charge in [-0.2, -0.15) is 0 Å². The quantitative estimate of drug-likeness (QED) is 0.787. The lowest BCUT2D eigenvalue weighted by molar-refractivity contribution is 0.0600. The average Bonchev–Trinajstić information content (AvgIpc) is 2.98. The van der Waals surface area contributed by atoms with E-state index < -0.39 is 0 Å². The minimum absolute atomic E-state index is 0.107. The van der Waals surface area contributed by atoms with Crippen LogP contribution in [0.1, 0.15) is 28.8 Å². The molecule has 0 aromatic heterocycles. The molecule has 3 rings (SSSR count). The maximum absolute atomic E-state index is 11.8. The second-order valence-electron chi connectivity index (χ2n) is 4.49. The summed E-state index contributed by atoms with van der Waals surface area (Å²) in [6, 6.07) is 7.52. The lowest BCUT2D eigenvalue weighted by atomic mass is 9.90. The molecule has 0 spiro atoms. The van der Waals surface area contributed by atoms with Crippen LogP contribution in [-0.4, -0.2) is 25.3 Å². The Morgan fingerprint density at radius 1 is 1.33 bits per heavy atom. The Morgan fingerprint density at radius 2 is 2.06 bits per heavy atom. The van der Waals surface area contributed by atoms with Gasteiger partial charge < -0.3 is 9.47 Å². The third-order valence-electron chi connectivity index (χ3n) is 3.50. The topological polar surface area (TPSA) is 35.5 Å². The van der Waals surface area contributed by atoms with Crippen LogP contribution in [-0.2, 0) is 9.47 Å². The second kappa shape index (κ2) is 4.52. The number of hydrogen-bond acceptors (Lipinski definition) is 3. The number of fused-ring (bicyclic) bond motifs is 2. The molecule has 2 atom stereocenters. The van der Waals surface area contributed by atoms with Crippen molar-refractivity contribution in [2.45, 2.75) is 25.0 Å². The smallest absolute Gasteiger partial charge is 0.338 e. The van der Waals surface area contributed by atoms with Gasteiger partial charge in [-0.3, -0.25) is 0 Å². The minimum atomic E-state index is -0.304. The molecule has 0 saturated carbocycles. The van der Waals surface area contributed by atoms with Gasteiger partial charge in [-0.15, -0.1) is 0 Å². The molecule has 94 valence electrons. The first-order chi connectivity index (χ1) is 8.72. The predicted molar refractivity (Wildman–Crippen MR) is 71.5 cm³/mol. The summed E-state index contributed by atoms with van der Waals surface area (Å²) in [6.45, 7) is 0. The van der Waals surface area contributed by atoms with Crippen LogP contribution in [0.25, 0.3) is 5.57 Å². The number of halogens is 1. The monoisotopic (exact) mass is 308 g/mol. The van der Waals surface area contributed by atoms with E-state index in [1.54, 1.807) is 6.07 Å². The highest BCUT2D eigenvalue weighted by atomic mass is 79.9. The van der Waals surface area contributed by atoms with Gasteiger partial charge in [0.1, 0.15) is 0 Å². The number of benzene rings is 1. The Kier molecular flexibility index (Phi) is 2.99. The maximum Gasteiger partial charge on any atom is 0.338 e. The summed E-state index contributed by atoms with van der Waals surface area (Å²) < 4.78 is 11.8. The first-order valence-corrected chi connectivity index (χ1v) is 6.74. The van der Waals surface area contributed by atoms with Gasteiger partial charge in [0, 0.05) is 10.1 Å². The van der Waals surface area contributed by atoms with E-state index in [1.165, 1.54) is 7.11 Å². The number of carbonyl (C=O) groups is 1. The number of hydrogen-bond donors (Lipinski definition) is 0. The maximum atomic E-state index is 11.8. The Morgan fingerprint density at radius 3 is 2.72 bits per heavy atom. The van der Waals surface area contributed by atoms with E-state index >= 15 is 0 Å². The number of methoxy groups -OCH3 is 1. The van der Waals surface area contributed by atoms with Crippen LogP contribution in [0.4, 0.5) is 0 Å². The van der Waals surface area contributed by atoms with Crippen molar-refractivity contribution in [1.82, 2.24) is 0 Å². The zero-order chi connectivity index (χ0) is 12.7. The van der Waals surface area contributed by atoms with Crippen LogP contribution >= 0.6 is 15.9 Å². The predicted octanol–water partition coefficient (Wildman–Crippen LogP) is 3.14. The summed E-state index contributed by atoms with van der Waals surface area (Å²) in [7, 11) is 1.40. The fourth-order valence-electron chi connectivity index (χ4n) is 2.67. The van der Waals surface area contributed by atoms with Crippen molar-refractivity contribution in [2.24, 2.45) is 0 Å². The zero-order valence-corrected chi connectivity index (χ0v) is 11.6. The fraction of sp³-hybridized carbons (Fsp3) is 0.357. The molecule has 0 amide bonds. The van der Waals surface area contributed by atoms with Crippen molar-refractivity contribution in [2.75, 3.05) is 7.11 Å². The fourth-order valence-corrected chi connectivity index (χ4v) is 3.48. The molecule has 0 radical (unpaired) electrons. The van der Waals surface area contributed by atoms with Gasteiger partial charge in [-0.1, -0.05) is 34.1 Å². The van der Waals surface area contributed by atoms with Gasteiger partial charge in [0.05, 0.1) is 24.9 Å². The van der Waals surface area contributed by atoms with E-state index in [1.807, 2.05) is 18.2 Å². The van der Waals surface area contributed by atoms with E-state index in [2.05, 4.69) is 15.9 Å². The van der Waals surface area contributed by atoms with Crippen molar-refractivity contribution < 1.29 is 14.3 Å². The van der Waals surface area contributed by atoms with Gasteiger partial charge in [0.15, 0.2) is 0 Å². The Balaban J connectivity index is 2.11. The molecule has 4 heteroatoms. The highest BCUT2D eigenvalue weighted by molar-refractivity contribution is 9.11. The highest BCUT2D eigenvalue weighted by Crippen LogP contribution is 2.47. The summed E-state index contributed by atoms with van der Waals surface area (Å²) in [5, 5.41) is 0. The third-order valence-corrected chi connectivity index (χ3v) is 4.44. The molecule has 1 aromatic rings. The minimum Gasteiger partial charge on any atom is -0.465 e. The average molecular weight is 309 g/mol. The Bertz CT molecular complexity index is 536. The second-order valence-corrected chi connectivity index (χ2v) is 5.34. The van der Waals surface area contributed by atoms with Crippen LogP contribution in [0.2, 0.25) is 0 Å². The molecule has 2 bridgehead atoms. The third kappa shape index (κ3) is 1.71. The van der Waals surface area contributed by atoms with Crippen LogP contribution < -0.4 is 0 Å². The Labute approximate surface area is 114 Å². The van der Waals surface area contributed by atoms with Gasteiger partial charge in [0.2, 0.25) is 0 Å². The standard InChI is InChI=1S/C14H13BrO3/c1-17-14(16)9-5-3-2-4-8(9)12-10-6-7-11(18-10)13(12)15/h2-5,10-11H,6-7H2,1H3. The van der Waals surface area contributed by atoms with Crippen molar-refractivity contribution in [3.05, 3.63) is 39.9 Å². The van der Waals surface area contributed by atoms with Gasteiger partial charge in [-0.05, 0) is 24.5 Å². The van der Waals surface area contributed by atoms with Crippen LogP contribution in [0.5, 0.6) is 0 Å². The number of rotatable bonds is 2. The van der Waals surface area contributed by atoms with E-state index in [9.17, 15) is 4.79 Å². The summed E-state index contributed by atoms with van der Waals surface area (Å²) in [5.41, 5.74) is 2.62. The summed E-state index contributed by atoms with van der Waals surface area (Å²) in [5.74, 6) is -0.304. The first kappa shape index (κ1) is 11.9. The van der Waals surface area contributed by atoms with E-state index in [4.69, 9.17) is 9.47 Å². The lowest BCUT2D eigenvalue weighted by Crippen LogP contribution is -2.11. The summed E-state index contributed by atoms with van der Waals surface area (Å²) >= 11 is 3.61. The molecule has 0 N–H and O–H groups in total. The highest BCUT2D eigenvalue weighted by Gasteiger charge is 2.40. The molecule has 2 aliphatic rings. The molecule has 2 heterocycles. The molecule has 2 aliphatic heterocycles. The molecule has 2 unspecified atom stereocenters. The van der Waals surface area contributed by atoms with Crippen LogP contribution in [0.3, 0.4) is 0 Å². The van der Waals surface area contributed by atoms with Gasteiger partial charge in [-0.25, -0.2) is 4.79 Å². The lowest BCUT2D eigenvalue weighted by Gasteiger charge is -2.15. The van der Waals surface area contributed by atoms with E-state index in [-0.39, 0.29) is 18.2 Å². The molecule has 18 heavy (non-hydrogen) atoms. The first-order valence-electron chi connectivity index (χ1n) is 5.95. The molecule has 1 aromatic carbocycles. The number of esters is 1. The molecular formula is C14H13BrO3. The zero-order valence-electron chi connectivity index (χ0n) is 9.98. The molecule has 1 saturated heterocycles. The van der Waals surface area contributed by atoms with Crippen molar-refractivity contribution in [1.29, 1.82) is 0 Å². The largest absolute Gasteiger partial charge is 0.465 e. The number of carbonyl (C=O) groups excluding carboxylic acids is 1. The summed E-state index contributed by atoms with van der Waals surface area (Å²) in [4.78, 5) is 11.8. The van der Waals surface area contributed by atoms with Crippen LogP contribution in [0.15, 0.2) is 28.7 Å². The molecule has 3 nitrogen and oxygen atoms in total. The summed E-state index contributed by atoms with van der Waals surface area (Å²) in [6.07, 6.45) is 2.34. The number of ether oxygens (including phenoxy) is 2. The normalized spacial score (nSPS) is 25.7. The van der Waals surface area contributed by atoms with Crippen molar-refractivity contribution >= 4 is 27.5 Å². The van der Waals surface area contributed by atoms with Crippen molar-refractivity contribution in [3.8, 4) is 0 Å². The van der Waals surface area contributed by atoms with Gasteiger partial charge >= 0.3 is 5.97 Å². The molecule has 0 aliphatic carbocycles. The Hall–Kier alpha value is -1.13. The van der Waals surface area contributed by atoms with E-state index in [0.717, 1.165) is 28.5 Å². The molecule has 1 fully saturated rings. The van der Waals surface area contributed by atoms with Gasteiger partial charge in [0.25, 0.3) is 0 Å². The van der Waals surface area contributed by atoms with E-state index in [0.29, 0.717) is 5.56 Å². The SMILES string of the molecule is COC(=O)c1ccccc1C1=C(Br)C2CCC1O2. The van der Waals surface area contributed by atoms with Crippen LogP contribution in [0, 0.1) is 0 Å². The van der Waals surface area contributed by atoms with Crippen molar-refractivity contribution in [3.63, 3.8) is 0 Å².